The highest BCUT2D eigenvalue weighted by atomic mass is 16.1. The summed E-state index contributed by atoms with van der Waals surface area (Å²) in [6.07, 6.45) is 7.00. The van der Waals surface area contributed by atoms with Gasteiger partial charge >= 0.3 is 0 Å². The highest BCUT2D eigenvalue weighted by molar-refractivity contribution is 5.91. The first-order chi connectivity index (χ1) is 8.26. The molecule has 90 valence electrons. The quantitative estimate of drug-likeness (QED) is 0.453. The van der Waals surface area contributed by atoms with Crippen molar-refractivity contribution in [1.29, 1.82) is 0 Å². The molecular weight excluding hydrogens is 210 g/mol. The number of aryl methyl sites for hydroxylation is 1. The number of carbonyl (C=O) groups is 1. The molecule has 0 aliphatic carbocycles. The van der Waals surface area contributed by atoms with Gasteiger partial charge in [-0.25, -0.2) is 0 Å². The monoisotopic (exact) mass is 229 g/mol. The molecule has 2 heteroatoms. The van der Waals surface area contributed by atoms with Gasteiger partial charge in [-0.3, -0.25) is 4.79 Å². The van der Waals surface area contributed by atoms with Gasteiger partial charge in [-0.1, -0.05) is 37.3 Å². The fourth-order valence-electron chi connectivity index (χ4n) is 1.39. The zero-order valence-corrected chi connectivity index (χ0v) is 10.3. The molecule has 17 heavy (non-hydrogen) atoms. The number of carbonyl (C=O) groups excluding carboxylic acids is 1. The average molecular weight is 229 g/mol. The summed E-state index contributed by atoms with van der Waals surface area (Å²) in [5.74, 6) is -0.0635. The van der Waals surface area contributed by atoms with E-state index in [2.05, 4.69) is 31.0 Å². The molecule has 0 unspecified atom stereocenters. The van der Waals surface area contributed by atoms with Crippen LogP contribution in [0.25, 0.3) is 6.08 Å². The number of amides is 1. The van der Waals surface area contributed by atoms with Gasteiger partial charge in [0, 0.05) is 12.6 Å². The Kier molecular flexibility index (Phi) is 5.80. The lowest BCUT2D eigenvalue weighted by Crippen LogP contribution is -2.21. The predicted molar refractivity (Wildman–Crippen MR) is 72.7 cm³/mol. The third-order valence-electron chi connectivity index (χ3n) is 2.46. The Morgan fingerprint density at radius 2 is 2.06 bits per heavy atom. The highest BCUT2D eigenvalue weighted by Crippen LogP contribution is 2.06. The Bertz CT molecular complexity index is 390. The molecule has 2 nitrogen and oxygen atoms in total. The Balaban J connectivity index is 2.46. The van der Waals surface area contributed by atoms with Crippen molar-refractivity contribution < 1.29 is 4.79 Å². The van der Waals surface area contributed by atoms with Crippen molar-refractivity contribution in [2.45, 2.75) is 19.8 Å². The van der Waals surface area contributed by atoms with Crippen LogP contribution in [0, 0.1) is 0 Å². The Labute approximate surface area is 103 Å². The summed E-state index contributed by atoms with van der Waals surface area (Å²) in [5.41, 5.74) is 2.35. The summed E-state index contributed by atoms with van der Waals surface area (Å²) in [6.45, 7) is 6.36. The zero-order valence-electron chi connectivity index (χ0n) is 10.3. The van der Waals surface area contributed by atoms with E-state index < -0.39 is 0 Å². The van der Waals surface area contributed by atoms with E-state index in [0.717, 1.165) is 18.4 Å². The summed E-state index contributed by atoms with van der Waals surface area (Å²) < 4.78 is 0. The first-order valence-corrected chi connectivity index (χ1v) is 5.92. The summed E-state index contributed by atoms with van der Waals surface area (Å²) in [7, 11) is 0. The van der Waals surface area contributed by atoms with E-state index in [0.29, 0.717) is 6.54 Å². The van der Waals surface area contributed by atoms with Gasteiger partial charge < -0.3 is 5.32 Å². The molecule has 0 aromatic heterocycles. The van der Waals surface area contributed by atoms with Gasteiger partial charge in [0.25, 0.3) is 0 Å². The lowest BCUT2D eigenvalue weighted by Gasteiger charge is -1.99. The molecule has 0 aliphatic heterocycles. The van der Waals surface area contributed by atoms with Gasteiger partial charge in [-0.15, -0.1) is 6.58 Å². The largest absolute Gasteiger partial charge is 0.352 e. The van der Waals surface area contributed by atoms with Gasteiger partial charge in [0.15, 0.2) is 0 Å². The molecule has 0 bridgehead atoms. The number of hydrogen-bond donors (Lipinski definition) is 1. The Morgan fingerprint density at radius 1 is 1.35 bits per heavy atom. The minimum atomic E-state index is -0.0635. The minimum Gasteiger partial charge on any atom is -0.352 e. The molecule has 1 rings (SSSR count). The van der Waals surface area contributed by atoms with Gasteiger partial charge in [0.1, 0.15) is 0 Å². The SMILES string of the molecule is C=CCCNC(=O)/C=C/c1ccc(CC)cc1. The Morgan fingerprint density at radius 3 is 2.65 bits per heavy atom. The smallest absolute Gasteiger partial charge is 0.244 e. The molecule has 0 fully saturated rings. The van der Waals surface area contributed by atoms with Crippen LogP contribution in [0.15, 0.2) is 43.0 Å². The summed E-state index contributed by atoms with van der Waals surface area (Å²) >= 11 is 0. The maximum Gasteiger partial charge on any atom is 0.244 e. The van der Waals surface area contributed by atoms with Crippen molar-refractivity contribution in [1.82, 2.24) is 5.32 Å². The normalized spacial score (nSPS) is 10.4. The van der Waals surface area contributed by atoms with Crippen LogP contribution >= 0.6 is 0 Å². The van der Waals surface area contributed by atoms with E-state index in [9.17, 15) is 4.79 Å². The summed E-state index contributed by atoms with van der Waals surface area (Å²) in [5, 5.41) is 2.78. The van der Waals surface area contributed by atoms with E-state index in [1.807, 2.05) is 18.2 Å². The third kappa shape index (κ3) is 5.16. The first kappa shape index (κ1) is 13.2. The molecule has 0 heterocycles. The summed E-state index contributed by atoms with van der Waals surface area (Å²) in [6, 6.07) is 8.20. The molecule has 0 radical (unpaired) electrons. The van der Waals surface area contributed by atoms with Gasteiger partial charge in [0.05, 0.1) is 0 Å². The maximum absolute atomic E-state index is 11.4. The predicted octanol–water partition coefficient (Wildman–Crippen LogP) is 2.95. The molecule has 1 aromatic rings. The van der Waals surface area contributed by atoms with Crippen LogP contribution in [0.2, 0.25) is 0 Å². The van der Waals surface area contributed by atoms with Crippen LogP contribution in [0.3, 0.4) is 0 Å². The van der Waals surface area contributed by atoms with E-state index in [-0.39, 0.29) is 5.91 Å². The summed E-state index contributed by atoms with van der Waals surface area (Å²) in [4.78, 5) is 11.4. The zero-order chi connectivity index (χ0) is 12.5. The van der Waals surface area contributed by atoms with Gasteiger partial charge in [-0.2, -0.15) is 0 Å². The van der Waals surface area contributed by atoms with Crippen LogP contribution in [0.4, 0.5) is 0 Å². The first-order valence-electron chi connectivity index (χ1n) is 5.92. The molecule has 0 saturated heterocycles. The highest BCUT2D eigenvalue weighted by Gasteiger charge is 1.93. The van der Waals surface area contributed by atoms with Crippen LogP contribution < -0.4 is 5.32 Å². The van der Waals surface area contributed by atoms with E-state index in [4.69, 9.17) is 0 Å². The molecule has 1 N–H and O–H groups in total. The third-order valence-corrected chi connectivity index (χ3v) is 2.46. The molecule has 0 saturated carbocycles. The van der Waals surface area contributed by atoms with Crippen LogP contribution in [-0.4, -0.2) is 12.5 Å². The fraction of sp³-hybridized carbons (Fsp3) is 0.267. The number of rotatable bonds is 6. The van der Waals surface area contributed by atoms with Crippen LogP contribution in [-0.2, 0) is 11.2 Å². The second-order valence-electron chi connectivity index (χ2n) is 3.80. The van der Waals surface area contributed by atoms with Crippen LogP contribution in [0.5, 0.6) is 0 Å². The molecular formula is C15H19NO. The van der Waals surface area contributed by atoms with Crippen molar-refractivity contribution in [2.75, 3.05) is 6.54 Å². The van der Waals surface area contributed by atoms with E-state index in [1.54, 1.807) is 12.2 Å². The maximum atomic E-state index is 11.4. The molecule has 0 atom stereocenters. The van der Waals surface area contributed by atoms with E-state index in [1.165, 1.54) is 5.56 Å². The number of nitrogens with one attached hydrogen (secondary N) is 1. The van der Waals surface area contributed by atoms with Crippen molar-refractivity contribution in [2.24, 2.45) is 0 Å². The van der Waals surface area contributed by atoms with Gasteiger partial charge in [-0.05, 0) is 30.0 Å². The average Bonchev–Trinajstić information content (AvgIpc) is 2.37. The van der Waals surface area contributed by atoms with Crippen LogP contribution in [0.1, 0.15) is 24.5 Å². The molecule has 1 amide bonds. The lowest BCUT2D eigenvalue weighted by molar-refractivity contribution is -0.116. The standard InChI is InChI=1S/C15H19NO/c1-3-5-12-16-15(17)11-10-14-8-6-13(4-2)7-9-14/h3,6-11H,1,4-5,12H2,2H3,(H,16,17)/b11-10+. The molecule has 0 spiro atoms. The fourth-order valence-corrected chi connectivity index (χ4v) is 1.39. The number of benzene rings is 1. The number of hydrogen-bond acceptors (Lipinski definition) is 1. The topological polar surface area (TPSA) is 29.1 Å². The van der Waals surface area contributed by atoms with Crippen molar-refractivity contribution in [3.63, 3.8) is 0 Å². The second-order valence-corrected chi connectivity index (χ2v) is 3.80. The lowest BCUT2D eigenvalue weighted by atomic mass is 10.1. The van der Waals surface area contributed by atoms with E-state index >= 15 is 0 Å². The Hall–Kier alpha value is -1.83. The molecule has 0 aliphatic rings. The van der Waals surface area contributed by atoms with Crippen molar-refractivity contribution in [3.8, 4) is 0 Å². The van der Waals surface area contributed by atoms with Crippen molar-refractivity contribution in [3.05, 3.63) is 54.1 Å². The second kappa shape index (κ2) is 7.44. The minimum absolute atomic E-state index is 0.0635. The van der Waals surface area contributed by atoms with Crippen molar-refractivity contribution >= 4 is 12.0 Å². The molecule has 1 aromatic carbocycles. The van der Waals surface area contributed by atoms with Gasteiger partial charge in [0.2, 0.25) is 5.91 Å².